The van der Waals surface area contributed by atoms with Gasteiger partial charge in [-0.3, -0.25) is 4.79 Å². The molecule has 0 aliphatic heterocycles. The minimum Gasteiger partial charge on any atom is -0.427 e. The molecular weight excluding hydrogens is 281 g/mol. The van der Waals surface area contributed by atoms with Gasteiger partial charge in [-0.05, 0) is 0 Å². The first-order valence-corrected chi connectivity index (χ1v) is 6.32. The van der Waals surface area contributed by atoms with Gasteiger partial charge in [0.2, 0.25) is 10.0 Å². The first-order valence-electron chi connectivity index (χ1n) is 4.43. The number of hydrogen-bond donors (Lipinski definition) is 2. The molecule has 0 spiro atoms. The van der Waals surface area contributed by atoms with Crippen molar-refractivity contribution >= 4 is 21.9 Å². The molecule has 0 bridgehead atoms. The van der Waals surface area contributed by atoms with E-state index < -0.39 is 40.2 Å². The summed E-state index contributed by atoms with van der Waals surface area (Å²) in [5.74, 6) is -4.28. The largest absolute Gasteiger partial charge is 0.491 e. The summed E-state index contributed by atoms with van der Waals surface area (Å²) in [5.41, 5.74) is 2.01. The Hall–Kier alpha value is -1.36. The van der Waals surface area contributed by atoms with Crippen molar-refractivity contribution < 1.29 is 35.9 Å². The van der Waals surface area contributed by atoms with E-state index in [2.05, 4.69) is 4.74 Å². The molecule has 11 heteroatoms. The highest BCUT2D eigenvalue weighted by Gasteiger charge is 2.50. The van der Waals surface area contributed by atoms with Gasteiger partial charge in [-0.1, -0.05) is 6.92 Å². The van der Waals surface area contributed by atoms with E-state index in [1.54, 1.807) is 0 Å². The number of carbonyl (C=O) groups is 2. The summed E-state index contributed by atoms with van der Waals surface area (Å²) in [7, 11) is -4.13. The monoisotopic (exact) mass is 292 g/mol. The normalized spacial score (nSPS) is 15.8. The summed E-state index contributed by atoms with van der Waals surface area (Å²) < 4.78 is 63.3. The lowest BCUT2D eigenvalue weighted by atomic mass is 10.1. The molecular formula is C7H11F3N2O5S. The average molecular weight is 292 g/mol. The Morgan fingerprint density at radius 1 is 1.33 bits per heavy atom. The van der Waals surface area contributed by atoms with Crippen molar-refractivity contribution in [1.29, 1.82) is 0 Å². The van der Waals surface area contributed by atoms with Crippen molar-refractivity contribution in [3.8, 4) is 0 Å². The van der Waals surface area contributed by atoms with Gasteiger partial charge >= 0.3 is 12.1 Å². The lowest BCUT2D eigenvalue weighted by Gasteiger charge is -2.29. The number of rotatable bonds is 5. The molecule has 18 heavy (non-hydrogen) atoms. The van der Waals surface area contributed by atoms with Gasteiger partial charge in [0, 0.05) is 6.42 Å². The molecule has 0 aliphatic carbocycles. The molecule has 0 saturated carbocycles. The second kappa shape index (κ2) is 5.10. The van der Waals surface area contributed by atoms with Gasteiger partial charge in [-0.2, -0.15) is 17.9 Å². The Labute approximate surface area is 101 Å². The summed E-state index contributed by atoms with van der Waals surface area (Å²) in [5, 5.41) is 0. The zero-order valence-electron chi connectivity index (χ0n) is 9.37. The second-order valence-electron chi connectivity index (χ2n) is 3.31. The Morgan fingerprint density at radius 3 is 2.00 bits per heavy atom. The van der Waals surface area contributed by atoms with Gasteiger partial charge in [0.15, 0.2) is 0 Å². The SMILES string of the molecule is CCC(NS(C)(=O)=O)(OC(=O)C(F)(F)F)C(N)=O. The molecule has 0 fully saturated rings. The van der Waals surface area contributed by atoms with E-state index >= 15 is 0 Å². The fraction of sp³-hybridized carbons (Fsp3) is 0.714. The molecule has 0 aliphatic rings. The fourth-order valence-corrected chi connectivity index (χ4v) is 1.84. The van der Waals surface area contributed by atoms with Crippen molar-refractivity contribution in [1.82, 2.24) is 4.72 Å². The third kappa shape index (κ3) is 4.49. The van der Waals surface area contributed by atoms with Crippen LogP contribution in [0, 0.1) is 0 Å². The first-order chi connectivity index (χ1) is 7.84. The number of carbonyl (C=O) groups excluding carboxylic acids is 2. The maximum Gasteiger partial charge on any atom is 0.491 e. The average Bonchev–Trinajstić information content (AvgIpc) is 2.12. The molecule has 0 radical (unpaired) electrons. The van der Waals surface area contributed by atoms with Crippen LogP contribution in [-0.4, -0.2) is 38.5 Å². The maximum atomic E-state index is 12.0. The zero-order chi connectivity index (χ0) is 14.8. The van der Waals surface area contributed by atoms with Gasteiger partial charge < -0.3 is 10.5 Å². The zero-order valence-corrected chi connectivity index (χ0v) is 10.2. The number of nitrogens with two attached hydrogens (primary N) is 1. The molecule has 0 aromatic heterocycles. The Morgan fingerprint density at radius 2 is 1.78 bits per heavy atom. The van der Waals surface area contributed by atoms with Crippen LogP contribution >= 0.6 is 0 Å². The van der Waals surface area contributed by atoms with Crippen LogP contribution in [0.5, 0.6) is 0 Å². The molecule has 1 amide bonds. The lowest BCUT2D eigenvalue weighted by Crippen LogP contribution is -2.60. The third-order valence-corrected chi connectivity index (χ3v) is 2.45. The molecule has 0 rings (SSSR count). The predicted octanol–water partition coefficient (Wildman–Crippen LogP) is -0.767. The van der Waals surface area contributed by atoms with Gasteiger partial charge in [-0.25, -0.2) is 13.2 Å². The van der Waals surface area contributed by atoms with Crippen LogP contribution in [0.3, 0.4) is 0 Å². The van der Waals surface area contributed by atoms with Crippen molar-refractivity contribution in [2.24, 2.45) is 5.73 Å². The van der Waals surface area contributed by atoms with Gasteiger partial charge in [0.1, 0.15) is 0 Å². The number of hydrogen-bond acceptors (Lipinski definition) is 5. The molecule has 0 heterocycles. The lowest BCUT2D eigenvalue weighted by molar-refractivity contribution is -0.215. The van der Waals surface area contributed by atoms with Crippen LogP contribution in [0.2, 0.25) is 0 Å². The smallest absolute Gasteiger partial charge is 0.427 e. The van der Waals surface area contributed by atoms with Crippen molar-refractivity contribution in [3.63, 3.8) is 0 Å². The predicted molar refractivity (Wildman–Crippen MR) is 52.3 cm³/mol. The van der Waals surface area contributed by atoms with Crippen LogP contribution in [0.4, 0.5) is 13.2 Å². The minimum atomic E-state index is -5.38. The van der Waals surface area contributed by atoms with E-state index in [0.29, 0.717) is 6.26 Å². The number of esters is 1. The molecule has 106 valence electrons. The summed E-state index contributed by atoms with van der Waals surface area (Å²) >= 11 is 0. The number of halogens is 3. The summed E-state index contributed by atoms with van der Waals surface area (Å²) in [6.45, 7) is 1.12. The second-order valence-corrected chi connectivity index (χ2v) is 5.05. The van der Waals surface area contributed by atoms with Crippen LogP contribution in [0.15, 0.2) is 0 Å². The molecule has 1 unspecified atom stereocenters. The highest BCUT2D eigenvalue weighted by Crippen LogP contribution is 2.22. The quantitative estimate of drug-likeness (QED) is 0.510. The molecule has 0 aromatic carbocycles. The number of sulfonamides is 1. The van der Waals surface area contributed by atoms with Crippen molar-refractivity contribution in [2.75, 3.05) is 6.26 Å². The Balaban J connectivity index is 5.37. The third-order valence-electron chi connectivity index (χ3n) is 1.74. The molecule has 7 nitrogen and oxygen atoms in total. The van der Waals surface area contributed by atoms with E-state index in [1.807, 2.05) is 0 Å². The summed E-state index contributed by atoms with van der Waals surface area (Å²) in [4.78, 5) is 21.7. The molecule has 3 N–H and O–H groups in total. The van der Waals surface area contributed by atoms with Crippen molar-refractivity contribution in [2.45, 2.75) is 25.2 Å². The van der Waals surface area contributed by atoms with E-state index in [1.165, 1.54) is 4.72 Å². The molecule has 1 atom stereocenters. The van der Waals surface area contributed by atoms with E-state index in [0.717, 1.165) is 6.92 Å². The highest BCUT2D eigenvalue weighted by atomic mass is 32.2. The van der Waals surface area contributed by atoms with Gasteiger partial charge in [-0.15, -0.1) is 0 Å². The van der Waals surface area contributed by atoms with Crippen molar-refractivity contribution in [3.05, 3.63) is 0 Å². The Bertz CT molecular complexity index is 446. The van der Waals surface area contributed by atoms with E-state index in [9.17, 15) is 31.2 Å². The number of ether oxygens (including phenoxy) is 1. The molecule has 0 saturated heterocycles. The minimum absolute atomic E-state index is 0.571. The van der Waals surface area contributed by atoms with E-state index in [4.69, 9.17) is 5.73 Å². The van der Waals surface area contributed by atoms with Crippen LogP contribution in [-0.2, 0) is 24.3 Å². The van der Waals surface area contributed by atoms with Crippen LogP contribution in [0.25, 0.3) is 0 Å². The first kappa shape index (κ1) is 16.6. The van der Waals surface area contributed by atoms with Crippen LogP contribution in [0.1, 0.15) is 13.3 Å². The van der Waals surface area contributed by atoms with E-state index in [-0.39, 0.29) is 0 Å². The number of amides is 1. The maximum absolute atomic E-state index is 12.0. The summed E-state index contributed by atoms with van der Waals surface area (Å²) in [6.07, 6.45) is -5.41. The highest BCUT2D eigenvalue weighted by molar-refractivity contribution is 7.88. The standard InChI is InChI=1S/C7H11F3N2O5S/c1-3-6(4(11)13,12-18(2,15)16)17-5(14)7(8,9)10/h12H,3H2,1-2H3,(H2,11,13). The van der Waals surface area contributed by atoms with Gasteiger partial charge in [0.25, 0.3) is 11.6 Å². The number of nitrogens with one attached hydrogen (secondary N) is 1. The fourth-order valence-electron chi connectivity index (χ4n) is 0.956. The Kier molecular flexibility index (Phi) is 4.71. The number of alkyl halides is 3. The molecule has 0 aromatic rings. The van der Waals surface area contributed by atoms with Gasteiger partial charge in [0.05, 0.1) is 6.26 Å². The number of primary amides is 1. The topological polar surface area (TPSA) is 116 Å². The summed E-state index contributed by atoms with van der Waals surface area (Å²) in [6, 6.07) is 0. The van der Waals surface area contributed by atoms with Crippen LogP contribution < -0.4 is 10.5 Å².